The minimum atomic E-state index is -0.0582. The first kappa shape index (κ1) is 14.4. The predicted molar refractivity (Wildman–Crippen MR) is 96.8 cm³/mol. The normalized spacial score (nSPS) is 22.4. The molecule has 2 atom stereocenters. The third-order valence-electron chi connectivity index (χ3n) is 5.47. The van der Waals surface area contributed by atoms with Crippen molar-refractivity contribution in [3.63, 3.8) is 0 Å². The van der Waals surface area contributed by atoms with Gasteiger partial charge in [0.2, 0.25) is 0 Å². The summed E-state index contributed by atoms with van der Waals surface area (Å²) in [5.74, 6) is 0.125. The molecule has 2 aliphatic rings. The van der Waals surface area contributed by atoms with Gasteiger partial charge in [-0.25, -0.2) is 0 Å². The van der Waals surface area contributed by atoms with E-state index in [0.29, 0.717) is 11.3 Å². The molecule has 1 aromatic heterocycles. The molecule has 126 valence electrons. The van der Waals surface area contributed by atoms with E-state index in [-0.39, 0.29) is 23.7 Å². The molecular formula is C20H19N3O2. The van der Waals surface area contributed by atoms with Gasteiger partial charge < -0.3 is 20.3 Å². The Morgan fingerprint density at radius 3 is 2.92 bits per heavy atom. The molecule has 0 unspecified atom stereocenters. The molecule has 2 aromatic carbocycles. The molecule has 0 spiro atoms. The first-order valence-electron chi connectivity index (χ1n) is 8.69. The first-order valence-corrected chi connectivity index (χ1v) is 8.69. The SMILES string of the molecule is O=C1c2cccc(O)c2N[C@H](c2c[nH]c3ccccc23)[C@@H]2CCCN12. The largest absolute Gasteiger partial charge is 0.506 e. The number of aromatic hydroxyl groups is 1. The quantitative estimate of drug-likeness (QED) is 0.596. The number of phenolic OH excluding ortho intramolecular Hbond substituents is 1. The molecule has 1 amide bonds. The molecular weight excluding hydrogens is 314 g/mol. The number of H-pyrrole nitrogens is 1. The van der Waals surface area contributed by atoms with Crippen LogP contribution < -0.4 is 5.32 Å². The van der Waals surface area contributed by atoms with Gasteiger partial charge in [0, 0.05) is 29.2 Å². The van der Waals surface area contributed by atoms with E-state index >= 15 is 0 Å². The van der Waals surface area contributed by atoms with Gasteiger partial charge in [0.15, 0.2) is 0 Å². The van der Waals surface area contributed by atoms with Crippen LogP contribution in [0.1, 0.15) is 34.8 Å². The average molecular weight is 333 g/mol. The summed E-state index contributed by atoms with van der Waals surface area (Å²) in [5, 5.41) is 15.0. The molecule has 2 aliphatic heterocycles. The predicted octanol–water partition coefficient (Wildman–Crippen LogP) is 3.64. The van der Waals surface area contributed by atoms with Crippen molar-refractivity contribution in [3.05, 3.63) is 59.8 Å². The number of carbonyl (C=O) groups is 1. The molecule has 1 saturated heterocycles. The molecule has 0 aliphatic carbocycles. The number of nitrogens with one attached hydrogen (secondary N) is 2. The van der Waals surface area contributed by atoms with Crippen LogP contribution in [0.4, 0.5) is 5.69 Å². The Morgan fingerprint density at radius 1 is 1.12 bits per heavy atom. The van der Waals surface area contributed by atoms with Crippen molar-refractivity contribution in [2.75, 3.05) is 11.9 Å². The highest BCUT2D eigenvalue weighted by Gasteiger charge is 2.41. The standard InChI is InChI=1S/C20H19N3O2/c24-17-9-3-6-13-19(17)22-18(16-8-4-10-23(16)20(13)25)14-11-21-15-7-2-1-5-12(14)15/h1-3,5-7,9,11,16,18,21-22,24H,4,8,10H2/t16-,18+/m0/s1. The number of amides is 1. The second-order valence-electron chi connectivity index (χ2n) is 6.82. The van der Waals surface area contributed by atoms with Crippen molar-refractivity contribution in [2.24, 2.45) is 0 Å². The molecule has 5 nitrogen and oxygen atoms in total. The second-order valence-corrected chi connectivity index (χ2v) is 6.82. The number of aromatic amines is 1. The van der Waals surface area contributed by atoms with Crippen LogP contribution in [0.2, 0.25) is 0 Å². The molecule has 25 heavy (non-hydrogen) atoms. The summed E-state index contributed by atoms with van der Waals surface area (Å²) in [4.78, 5) is 18.3. The Balaban J connectivity index is 1.71. The summed E-state index contributed by atoms with van der Waals surface area (Å²) >= 11 is 0. The van der Waals surface area contributed by atoms with Crippen molar-refractivity contribution < 1.29 is 9.90 Å². The molecule has 0 radical (unpaired) electrons. The van der Waals surface area contributed by atoms with Crippen molar-refractivity contribution in [1.82, 2.24) is 9.88 Å². The van der Waals surface area contributed by atoms with Crippen molar-refractivity contribution in [3.8, 4) is 5.75 Å². The van der Waals surface area contributed by atoms with Gasteiger partial charge in [-0.3, -0.25) is 4.79 Å². The molecule has 1 fully saturated rings. The second kappa shape index (κ2) is 5.28. The number of rotatable bonds is 1. The number of aromatic nitrogens is 1. The van der Waals surface area contributed by atoms with Gasteiger partial charge in [0.1, 0.15) is 5.75 Å². The Morgan fingerprint density at radius 2 is 2.00 bits per heavy atom. The number of hydrogen-bond acceptors (Lipinski definition) is 3. The molecule has 5 rings (SSSR count). The van der Waals surface area contributed by atoms with Crippen LogP contribution in [-0.4, -0.2) is 33.5 Å². The summed E-state index contributed by atoms with van der Waals surface area (Å²) in [5.41, 5.74) is 3.31. The van der Waals surface area contributed by atoms with Gasteiger partial charge in [0.25, 0.3) is 5.91 Å². The van der Waals surface area contributed by atoms with Crippen LogP contribution in [0.25, 0.3) is 10.9 Å². The lowest BCUT2D eigenvalue weighted by Crippen LogP contribution is -2.38. The number of benzene rings is 2. The third kappa shape index (κ3) is 2.05. The summed E-state index contributed by atoms with van der Waals surface area (Å²) in [6.07, 6.45) is 3.98. The van der Waals surface area contributed by atoms with Gasteiger partial charge in [-0.2, -0.15) is 0 Å². The summed E-state index contributed by atoms with van der Waals surface area (Å²) in [6, 6.07) is 13.4. The maximum absolute atomic E-state index is 13.0. The Kier molecular flexibility index (Phi) is 3.04. The van der Waals surface area contributed by atoms with E-state index in [1.165, 1.54) is 0 Å². The zero-order valence-corrected chi connectivity index (χ0v) is 13.7. The van der Waals surface area contributed by atoms with E-state index in [4.69, 9.17) is 0 Å². The Labute approximate surface area is 145 Å². The molecule has 3 aromatic rings. The zero-order valence-electron chi connectivity index (χ0n) is 13.7. The monoisotopic (exact) mass is 333 g/mol. The van der Waals surface area contributed by atoms with E-state index in [0.717, 1.165) is 35.9 Å². The maximum atomic E-state index is 13.0. The van der Waals surface area contributed by atoms with Gasteiger partial charge in [-0.15, -0.1) is 0 Å². The van der Waals surface area contributed by atoms with Crippen LogP contribution in [0.3, 0.4) is 0 Å². The third-order valence-corrected chi connectivity index (χ3v) is 5.47. The molecule has 5 heteroatoms. The smallest absolute Gasteiger partial charge is 0.256 e. The van der Waals surface area contributed by atoms with Crippen LogP contribution in [0.5, 0.6) is 5.75 Å². The van der Waals surface area contributed by atoms with E-state index in [9.17, 15) is 9.90 Å². The summed E-state index contributed by atoms with van der Waals surface area (Å²) < 4.78 is 0. The van der Waals surface area contributed by atoms with Crippen molar-refractivity contribution in [2.45, 2.75) is 24.9 Å². The zero-order chi connectivity index (χ0) is 17.0. The minimum absolute atomic E-state index is 0.00300. The van der Waals surface area contributed by atoms with Gasteiger partial charge in [-0.1, -0.05) is 24.3 Å². The lowest BCUT2D eigenvalue weighted by Gasteiger charge is -2.29. The topological polar surface area (TPSA) is 68.4 Å². The lowest BCUT2D eigenvalue weighted by molar-refractivity contribution is 0.0731. The fourth-order valence-electron chi connectivity index (χ4n) is 4.30. The number of phenols is 1. The van der Waals surface area contributed by atoms with Crippen LogP contribution in [0, 0.1) is 0 Å². The lowest BCUT2D eigenvalue weighted by atomic mass is 9.97. The number of anilines is 1. The number of nitrogens with zero attached hydrogens (tertiary/aromatic N) is 1. The van der Waals surface area contributed by atoms with Crippen molar-refractivity contribution >= 4 is 22.5 Å². The summed E-state index contributed by atoms with van der Waals surface area (Å²) in [6.45, 7) is 0.763. The summed E-state index contributed by atoms with van der Waals surface area (Å²) in [7, 11) is 0. The Bertz CT molecular complexity index is 978. The van der Waals surface area contributed by atoms with E-state index in [2.05, 4.69) is 22.4 Å². The maximum Gasteiger partial charge on any atom is 0.256 e. The molecule has 0 bridgehead atoms. The van der Waals surface area contributed by atoms with Gasteiger partial charge in [0.05, 0.1) is 23.3 Å². The highest BCUT2D eigenvalue weighted by atomic mass is 16.3. The minimum Gasteiger partial charge on any atom is -0.506 e. The number of hydrogen-bond donors (Lipinski definition) is 3. The van der Waals surface area contributed by atoms with E-state index < -0.39 is 0 Å². The highest BCUT2D eigenvalue weighted by Crippen LogP contribution is 2.42. The first-order chi connectivity index (χ1) is 12.2. The van der Waals surface area contributed by atoms with Gasteiger partial charge in [-0.05, 0) is 31.0 Å². The molecule has 3 N–H and O–H groups in total. The Hall–Kier alpha value is -2.95. The van der Waals surface area contributed by atoms with Crippen LogP contribution in [-0.2, 0) is 0 Å². The molecule has 0 saturated carbocycles. The van der Waals surface area contributed by atoms with E-state index in [1.807, 2.05) is 23.2 Å². The van der Waals surface area contributed by atoms with Crippen LogP contribution in [0.15, 0.2) is 48.7 Å². The fourth-order valence-corrected chi connectivity index (χ4v) is 4.30. The molecule has 3 heterocycles. The fraction of sp³-hybridized carbons (Fsp3) is 0.250. The number of carbonyl (C=O) groups excluding carboxylic acids is 1. The average Bonchev–Trinajstić information content (AvgIpc) is 3.25. The highest BCUT2D eigenvalue weighted by molar-refractivity contribution is 6.02. The van der Waals surface area contributed by atoms with E-state index in [1.54, 1.807) is 18.2 Å². The number of para-hydroxylation sites is 2. The number of fused-ring (bicyclic) bond motifs is 3. The van der Waals surface area contributed by atoms with Crippen molar-refractivity contribution in [1.29, 1.82) is 0 Å². The van der Waals surface area contributed by atoms with Gasteiger partial charge >= 0.3 is 0 Å². The van der Waals surface area contributed by atoms with Crippen LogP contribution >= 0.6 is 0 Å².